The van der Waals surface area contributed by atoms with Crippen molar-refractivity contribution in [1.82, 2.24) is 14.1 Å². The first-order chi connectivity index (χ1) is 16.4. The summed E-state index contributed by atoms with van der Waals surface area (Å²) in [5, 5.41) is 9.28. The van der Waals surface area contributed by atoms with E-state index in [2.05, 4.69) is 0 Å². The van der Waals surface area contributed by atoms with E-state index in [0.29, 0.717) is 5.56 Å². The molecule has 10 heteroatoms. The van der Waals surface area contributed by atoms with Crippen LogP contribution in [-0.2, 0) is 14.8 Å². The highest BCUT2D eigenvalue weighted by atomic mass is 32.2. The van der Waals surface area contributed by atoms with Gasteiger partial charge in [0.05, 0.1) is 21.8 Å². The standard InChI is InChI=1S/C24H26N4O4S2/c25-17-19-7-1-4-10-22(19)34(31,32)28-15-13-27(14-16-28)24(30)20-8-2-3-9-21(20)33-18-23(29)26-11-5-6-12-26/h1-4,7-10H,5-6,11-16,18H2. The molecule has 0 saturated carbocycles. The van der Waals surface area contributed by atoms with Crippen LogP contribution in [0, 0.1) is 11.3 Å². The Kier molecular flexibility index (Phi) is 7.56. The van der Waals surface area contributed by atoms with Crippen LogP contribution >= 0.6 is 11.8 Å². The molecule has 0 aromatic heterocycles. The first-order valence-electron chi connectivity index (χ1n) is 11.2. The fraction of sp³-hybridized carbons (Fsp3) is 0.375. The second kappa shape index (κ2) is 10.6. The van der Waals surface area contributed by atoms with Gasteiger partial charge in [0, 0.05) is 44.2 Å². The van der Waals surface area contributed by atoms with Crippen molar-refractivity contribution in [2.45, 2.75) is 22.6 Å². The van der Waals surface area contributed by atoms with Gasteiger partial charge in [-0.3, -0.25) is 9.59 Å². The van der Waals surface area contributed by atoms with E-state index in [1.54, 1.807) is 29.2 Å². The number of thioether (sulfide) groups is 1. The SMILES string of the molecule is N#Cc1ccccc1S(=O)(=O)N1CCN(C(=O)c2ccccc2SCC(=O)N2CCCC2)CC1. The van der Waals surface area contributed by atoms with Gasteiger partial charge in [-0.05, 0) is 37.1 Å². The summed E-state index contributed by atoms with van der Waals surface area (Å²) in [4.78, 5) is 29.9. The van der Waals surface area contributed by atoms with E-state index in [0.717, 1.165) is 30.8 Å². The zero-order valence-corrected chi connectivity index (χ0v) is 20.4. The molecule has 2 saturated heterocycles. The molecule has 178 valence electrons. The first-order valence-corrected chi connectivity index (χ1v) is 13.6. The molecule has 2 aliphatic rings. The van der Waals surface area contributed by atoms with E-state index in [9.17, 15) is 23.3 Å². The van der Waals surface area contributed by atoms with Crippen LogP contribution in [0.1, 0.15) is 28.8 Å². The predicted molar refractivity (Wildman–Crippen MR) is 129 cm³/mol. The van der Waals surface area contributed by atoms with Gasteiger partial charge in [0.15, 0.2) is 0 Å². The zero-order chi connectivity index (χ0) is 24.1. The fourth-order valence-electron chi connectivity index (χ4n) is 4.19. The molecule has 0 unspecified atom stereocenters. The number of piperazine rings is 1. The monoisotopic (exact) mass is 498 g/mol. The zero-order valence-electron chi connectivity index (χ0n) is 18.7. The molecule has 0 radical (unpaired) electrons. The summed E-state index contributed by atoms with van der Waals surface area (Å²) >= 11 is 1.36. The van der Waals surface area contributed by atoms with Crippen LogP contribution < -0.4 is 0 Å². The van der Waals surface area contributed by atoms with Crippen LogP contribution in [0.15, 0.2) is 58.3 Å². The number of carbonyl (C=O) groups is 2. The van der Waals surface area contributed by atoms with Crippen LogP contribution in [0.25, 0.3) is 0 Å². The van der Waals surface area contributed by atoms with E-state index in [1.807, 2.05) is 23.1 Å². The van der Waals surface area contributed by atoms with Crippen LogP contribution in [0.5, 0.6) is 0 Å². The summed E-state index contributed by atoms with van der Waals surface area (Å²) in [6.45, 7) is 2.39. The van der Waals surface area contributed by atoms with Gasteiger partial charge >= 0.3 is 0 Å². The molecule has 2 amide bonds. The Labute approximate surface area is 204 Å². The number of hydrogen-bond acceptors (Lipinski definition) is 6. The minimum atomic E-state index is -3.83. The molecule has 0 spiro atoms. The molecule has 34 heavy (non-hydrogen) atoms. The number of likely N-dealkylation sites (tertiary alicyclic amines) is 1. The minimum Gasteiger partial charge on any atom is -0.342 e. The van der Waals surface area contributed by atoms with Crippen LogP contribution in [0.3, 0.4) is 0 Å². The van der Waals surface area contributed by atoms with Crippen molar-refractivity contribution in [3.05, 3.63) is 59.7 Å². The van der Waals surface area contributed by atoms with Gasteiger partial charge in [-0.2, -0.15) is 9.57 Å². The van der Waals surface area contributed by atoms with Gasteiger partial charge in [0.25, 0.3) is 5.91 Å². The van der Waals surface area contributed by atoms with Gasteiger partial charge in [-0.15, -0.1) is 11.8 Å². The number of nitriles is 1. The summed E-state index contributed by atoms with van der Waals surface area (Å²) in [6.07, 6.45) is 2.07. The Morgan fingerprint density at radius 2 is 1.53 bits per heavy atom. The number of carbonyl (C=O) groups excluding carboxylic acids is 2. The van der Waals surface area contributed by atoms with Gasteiger partial charge in [0.2, 0.25) is 15.9 Å². The lowest BCUT2D eigenvalue weighted by molar-refractivity contribution is -0.127. The molecule has 2 fully saturated rings. The molecular formula is C24H26N4O4S2. The van der Waals surface area contributed by atoms with Crippen molar-refractivity contribution in [2.75, 3.05) is 45.0 Å². The van der Waals surface area contributed by atoms with Gasteiger partial charge in [-0.1, -0.05) is 24.3 Å². The third-order valence-corrected chi connectivity index (χ3v) is 9.09. The van der Waals surface area contributed by atoms with Gasteiger partial charge < -0.3 is 9.80 Å². The second-order valence-corrected chi connectivity index (χ2v) is 11.1. The molecule has 2 aliphatic heterocycles. The summed E-state index contributed by atoms with van der Waals surface area (Å²) in [6, 6.07) is 15.3. The van der Waals surface area contributed by atoms with Crippen LogP contribution in [-0.4, -0.2) is 79.4 Å². The van der Waals surface area contributed by atoms with Crippen molar-refractivity contribution in [1.29, 1.82) is 5.26 Å². The minimum absolute atomic E-state index is 0.0123. The van der Waals surface area contributed by atoms with E-state index >= 15 is 0 Å². The number of amides is 2. The molecule has 4 rings (SSSR count). The molecule has 0 aliphatic carbocycles. The van der Waals surface area contributed by atoms with Crippen molar-refractivity contribution in [3.63, 3.8) is 0 Å². The molecule has 2 heterocycles. The summed E-state index contributed by atoms with van der Waals surface area (Å²) in [5.74, 6) is 0.196. The maximum absolute atomic E-state index is 13.3. The number of sulfonamides is 1. The maximum Gasteiger partial charge on any atom is 0.255 e. The Hall–Kier alpha value is -2.87. The Balaban J connectivity index is 1.41. The van der Waals surface area contributed by atoms with Crippen LogP contribution in [0.2, 0.25) is 0 Å². The Morgan fingerprint density at radius 1 is 0.882 bits per heavy atom. The lowest BCUT2D eigenvalue weighted by atomic mass is 10.2. The van der Waals surface area contributed by atoms with E-state index in [-0.39, 0.29) is 54.2 Å². The van der Waals surface area contributed by atoms with Crippen molar-refractivity contribution < 1.29 is 18.0 Å². The lowest BCUT2D eigenvalue weighted by Crippen LogP contribution is -2.50. The lowest BCUT2D eigenvalue weighted by Gasteiger charge is -2.34. The van der Waals surface area contributed by atoms with E-state index in [1.165, 1.54) is 28.2 Å². The molecule has 0 N–H and O–H groups in total. The number of nitrogens with zero attached hydrogens (tertiary/aromatic N) is 4. The number of benzene rings is 2. The predicted octanol–water partition coefficient (Wildman–Crippen LogP) is 2.42. The smallest absolute Gasteiger partial charge is 0.255 e. The van der Waals surface area contributed by atoms with Crippen LogP contribution in [0.4, 0.5) is 0 Å². The molecule has 2 aromatic carbocycles. The highest BCUT2D eigenvalue weighted by molar-refractivity contribution is 8.00. The van der Waals surface area contributed by atoms with E-state index < -0.39 is 10.0 Å². The second-order valence-electron chi connectivity index (χ2n) is 8.18. The molecule has 0 atom stereocenters. The number of rotatable bonds is 6. The van der Waals surface area contributed by atoms with Crippen molar-refractivity contribution >= 4 is 33.6 Å². The largest absolute Gasteiger partial charge is 0.342 e. The summed E-state index contributed by atoms with van der Waals surface area (Å²) < 4.78 is 27.4. The maximum atomic E-state index is 13.3. The molecule has 0 bridgehead atoms. The average molecular weight is 499 g/mol. The Bertz CT molecular complexity index is 1210. The summed E-state index contributed by atoms with van der Waals surface area (Å²) in [7, 11) is -3.83. The highest BCUT2D eigenvalue weighted by Gasteiger charge is 2.32. The third-order valence-electron chi connectivity index (χ3n) is 6.08. The highest BCUT2D eigenvalue weighted by Crippen LogP contribution is 2.26. The van der Waals surface area contributed by atoms with Crippen molar-refractivity contribution in [3.8, 4) is 6.07 Å². The molecule has 2 aromatic rings. The van der Waals surface area contributed by atoms with Gasteiger partial charge in [0.1, 0.15) is 6.07 Å². The third kappa shape index (κ3) is 5.12. The van der Waals surface area contributed by atoms with Gasteiger partial charge in [-0.25, -0.2) is 8.42 Å². The topological polar surface area (TPSA) is 102 Å². The summed E-state index contributed by atoms with van der Waals surface area (Å²) in [5.41, 5.74) is 0.628. The fourth-order valence-corrected chi connectivity index (χ4v) is 6.70. The van der Waals surface area contributed by atoms with Crippen molar-refractivity contribution in [2.24, 2.45) is 0 Å². The average Bonchev–Trinajstić information content (AvgIpc) is 3.42. The first kappa shape index (κ1) is 24.3. The van der Waals surface area contributed by atoms with E-state index in [4.69, 9.17) is 0 Å². The normalized spacial score (nSPS) is 16.9. The number of hydrogen-bond donors (Lipinski definition) is 0. The molecular weight excluding hydrogens is 472 g/mol. The molecule has 8 nitrogen and oxygen atoms in total. The quantitative estimate of drug-likeness (QED) is 0.567. The Morgan fingerprint density at radius 3 is 2.24 bits per heavy atom.